The number of carbonyl (C=O) groups excluding carboxylic acids is 1. The molecule has 0 radical (unpaired) electrons. The van der Waals surface area contributed by atoms with Gasteiger partial charge < -0.3 is 10.6 Å². The number of carbonyl (C=O) groups is 1. The second-order valence-electron chi connectivity index (χ2n) is 6.56. The third-order valence-electron chi connectivity index (χ3n) is 4.71. The van der Waals surface area contributed by atoms with Gasteiger partial charge in [-0.05, 0) is 25.8 Å². The summed E-state index contributed by atoms with van der Waals surface area (Å²) in [5.41, 5.74) is 0. The molecule has 0 aliphatic carbocycles. The van der Waals surface area contributed by atoms with Crippen molar-refractivity contribution in [2.24, 2.45) is 5.92 Å². The Morgan fingerprint density at radius 1 is 1.24 bits per heavy atom. The molecule has 0 aromatic heterocycles. The Kier molecular flexibility index (Phi) is 7.95. The van der Waals surface area contributed by atoms with E-state index in [1.807, 2.05) is 0 Å². The smallest absolute Gasteiger partial charge is 0.234 e. The van der Waals surface area contributed by atoms with Gasteiger partial charge in [0.1, 0.15) is 0 Å². The quantitative estimate of drug-likeness (QED) is 0.777. The predicted molar refractivity (Wildman–Crippen MR) is 89.0 cm³/mol. The van der Waals surface area contributed by atoms with E-state index in [9.17, 15) is 4.79 Å². The molecular weight excluding hydrogens is 288 g/mol. The summed E-state index contributed by atoms with van der Waals surface area (Å²) < 4.78 is 0. The highest BCUT2D eigenvalue weighted by Crippen LogP contribution is 2.11. The maximum absolute atomic E-state index is 12.0. The van der Waals surface area contributed by atoms with Gasteiger partial charge in [0.25, 0.3) is 0 Å². The maximum atomic E-state index is 12.0. The molecular formula is C15H31ClN4O. The molecule has 2 fully saturated rings. The SMILES string of the molecule is CC(C)C(C)NC(=O)CN1CCN(C2CCNC2)CC1.Cl. The Morgan fingerprint density at radius 3 is 2.43 bits per heavy atom. The number of amides is 1. The van der Waals surface area contributed by atoms with Crippen molar-refractivity contribution in [3.8, 4) is 0 Å². The standard InChI is InChI=1S/C15H30N4O.ClH/c1-12(2)13(3)17-15(20)11-18-6-8-19(9-7-18)14-4-5-16-10-14;/h12-14,16H,4-11H2,1-3H3,(H,17,20);1H. The molecule has 0 bridgehead atoms. The van der Waals surface area contributed by atoms with Gasteiger partial charge in [0.15, 0.2) is 0 Å². The molecule has 1 amide bonds. The van der Waals surface area contributed by atoms with Crippen LogP contribution in [0, 0.1) is 5.92 Å². The highest BCUT2D eigenvalue weighted by Gasteiger charge is 2.26. The zero-order valence-electron chi connectivity index (χ0n) is 13.6. The number of hydrogen-bond acceptors (Lipinski definition) is 4. The summed E-state index contributed by atoms with van der Waals surface area (Å²) in [6.07, 6.45) is 1.27. The van der Waals surface area contributed by atoms with Crippen LogP contribution in [0.25, 0.3) is 0 Å². The van der Waals surface area contributed by atoms with E-state index in [0.717, 1.165) is 39.3 Å². The van der Waals surface area contributed by atoms with E-state index < -0.39 is 0 Å². The normalized spacial score (nSPS) is 25.6. The molecule has 0 spiro atoms. The lowest BCUT2D eigenvalue weighted by Gasteiger charge is -2.37. The van der Waals surface area contributed by atoms with Gasteiger partial charge in [-0.3, -0.25) is 14.6 Å². The van der Waals surface area contributed by atoms with Gasteiger partial charge in [0.05, 0.1) is 6.54 Å². The van der Waals surface area contributed by atoms with E-state index in [-0.39, 0.29) is 24.4 Å². The Bertz CT molecular complexity index is 313. The molecule has 2 saturated heterocycles. The molecule has 6 heteroatoms. The minimum Gasteiger partial charge on any atom is -0.352 e. The van der Waals surface area contributed by atoms with Crippen molar-refractivity contribution in [1.82, 2.24) is 20.4 Å². The summed E-state index contributed by atoms with van der Waals surface area (Å²) in [6, 6.07) is 0.972. The van der Waals surface area contributed by atoms with Gasteiger partial charge in [-0.2, -0.15) is 0 Å². The lowest BCUT2D eigenvalue weighted by Crippen LogP contribution is -2.53. The van der Waals surface area contributed by atoms with Crippen molar-refractivity contribution in [1.29, 1.82) is 0 Å². The Balaban J connectivity index is 0.00000220. The molecule has 2 rings (SSSR count). The third-order valence-corrected chi connectivity index (χ3v) is 4.71. The lowest BCUT2D eigenvalue weighted by molar-refractivity contribution is -0.123. The minimum atomic E-state index is 0. The summed E-state index contributed by atoms with van der Waals surface area (Å²) >= 11 is 0. The van der Waals surface area contributed by atoms with Crippen LogP contribution in [0.1, 0.15) is 27.2 Å². The van der Waals surface area contributed by atoms with Crippen molar-refractivity contribution < 1.29 is 4.79 Å². The summed E-state index contributed by atoms with van der Waals surface area (Å²) in [5, 5.41) is 6.51. The van der Waals surface area contributed by atoms with E-state index in [2.05, 4.69) is 41.2 Å². The molecule has 0 saturated carbocycles. The van der Waals surface area contributed by atoms with Crippen molar-refractivity contribution >= 4 is 18.3 Å². The number of nitrogens with zero attached hydrogens (tertiary/aromatic N) is 2. The molecule has 21 heavy (non-hydrogen) atoms. The van der Waals surface area contributed by atoms with E-state index in [0.29, 0.717) is 18.5 Å². The van der Waals surface area contributed by atoms with Crippen molar-refractivity contribution in [3.05, 3.63) is 0 Å². The average molecular weight is 319 g/mol. The first-order valence-corrected chi connectivity index (χ1v) is 8.02. The van der Waals surface area contributed by atoms with E-state index in [1.54, 1.807) is 0 Å². The summed E-state index contributed by atoms with van der Waals surface area (Å²) in [4.78, 5) is 16.8. The lowest BCUT2D eigenvalue weighted by atomic mass is 10.1. The molecule has 0 aromatic rings. The molecule has 2 aliphatic rings. The molecule has 2 N–H and O–H groups in total. The number of rotatable bonds is 5. The van der Waals surface area contributed by atoms with E-state index >= 15 is 0 Å². The zero-order valence-corrected chi connectivity index (χ0v) is 14.4. The number of hydrogen-bond donors (Lipinski definition) is 2. The number of piperazine rings is 1. The minimum absolute atomic E-state index is 0. The first kappa shape index (κ1) is 18.7. The van der Waals surface area contributed by atoms with Gasteiger partial charge in [-0.25, -0.2) is 0 Å². The first-order valence-electron chi connectivity index (χ1n) is 8.02. The van der Waals surface area contributed by atoms with Crippen molar-refractivity contribution in [3.63, 3.8) is 0 Å². The zero-order chi connectivity index (χ0) is 14.5. The van der Waals surface area contributed by atoms with Crippen LogP contribution in [0.5, 0.6) is 0 Å². The molecule has 2 atom stereocenters. The van der Waals surface area contributed by atoms with Crippen molar-refractivity contribution in [2.75, 3.05) is 45.8 Å². The van der Waals surface area contributed by atoms with Crippen LogP contribution < -0.4 is 10.6 Å². The van der Waals surface area contributed by atoms with Crippen LogP contribution in [-0.4, -0.2) is 73.6 Å². The Morgan fingerprint density at radius 2 is 1.90 bits per heavy atom. The second-order valence-corrected chi connectivity index (χ2v) is 6.56. The molecule has 2 aliphatic heterocycles. The first-order chi connectivity index (χ1) is 9.56. The van der Waals surface area contributed by atoms with Gasteiger partial charge in [0, 0.05) is 44.8 Å². The third kappa shape index (κ3) is 5.74. The fourth-order valence-electron chi connectivity index (χ4n) is 2.91. The summed E-state index contributed by atoms with van der Waals surface area (Å²) in [7, 11) is 0. The Hall–Kier alpha value is -0.360. The van der Waals surface area contributed by atoms with Crippen LogP contribution in [0.2, 0.25) is 0 Å². The molecule has 124 valence electrons. The highest BCUT2D eigenvalue weighted by molar-refractivity contribution is 5.85. The fraction of sp³-hybridized carbons (Fsp3) is 0.933. The van der Waals surface area contributed by atoms with Gasteiger partial charge in [-0.1, -0.05) is 13.8 Å². The van der Waals surface area contributed by atoms with Gasteiger partial charge >= 0.3 is 0 Å². The van der Waals surface area contributed by atoms with Crippen LogP contribution in [0.4, 0.5) is 0 Å². The molecule has 2 unspecified atom stereocenters. The molecule has 0 aromatic carbocycles. The van der Waals surface area contributed by atoms with E-state index in [1.165, 1.54) is 6.42 Å². The van der Waals surface area contributed by atoms with Crippen LogP contribution in [-0.2, 0) is 4.79 Å². The topological polar surface area (TPSA) is 47.6 Å². The highest BCUT2D eigenvalue weighted by atomic mass is 35.5. The van der Waals surface area contributed by atoms with Crippen LogP contribution in [0.15, 0.2) is 0 Å². The predicted octanol–water partition coefficient (Wildman–Crippen LogP) is 0.548. The van der Waals surface area contributed by atoms with Crippen LogP contribution in [0.3, 0.4) is 0 Å². The average Bonchev–Trinajstić information content (AvgIpc) is 2.93. The summed E-state index contributed by atoms with van der Waals surface area (Å²) in [6.45, 7) is 13.4. The van der Waals surface area contributed by atoms with E-state index in [4.69, 9.17) is 0 Å². The van der Waals surface area contributed by atoms with Crippen LogP contribution >= 0.6 is 12.4 Å². The second kappa shape index (κ2) is 8.93. The molecule has 5 nitrogen and oxygen atoms in total. The maximum Gasteiger partial charge on any atom is 0.234 e. The number of nitrogens with one attached hydrogen (secondary N) is 2. The Labute approximate surface area is 135 Å². The van der Waals surface area contributed by atoms with Gasteiger partial charge in [-0.15, -0.1) is 12.4 Å². The largest absolute Gasteiger partial charge is 0.352 e. The van der Waals surface area contributed by atoms with Gasteiger partial charge in [0.2, 0.25) is 5.91 Å². The molecule has 2 heterocycles. The monoisotopic (exact) mass is 318 g/mol. The number of halogens is 1. The fourth-order valence-corrected chi connectivity index (χ4v) is 2.91. The summed E-state index contributed by atoms with van der Waals surface area (Å²) in [5.74, 6) is 0.660. The van der Waals surface area contributed by atoms with Crippen molar-refractivity contribution in [2.45, 2.75) is 39.3 Å².